The molecule has 0 saturated carbocycles. The van der Waals surface area contributed by atoms with Crippen LogP contribution in [0.4, 0.5) is 0 Å². The molecule has 5 nitrogen and oxygen atoms in total. The molecule has 0 aliphatic heterocycles. The molecule has 1 atom stereocenters. The average molecular weight is 193 g/mol. The zero-order valence-electron chi connectivity index (χ0n) is 7.82. The van der Waals surface area contributed by atoms with Gasteiger partial charge in [0.25, 0.3) is 0 Å². The monoisotopic (exact) mass is 193 g/mol. The molecule has 4 N–H and O–H groups in total. The van der Waals surface area contributed by atoms with Crippen molar-refractivity contribution in [1.82, 2.24) is 0 Å². The Morgan fingerprint density at radius 2 is 1.85 bits per heavy atom. The van der Waals surface area contributed by atoms with Crippen LogP contribution in [-0.4, -0.2) is 55.9 Å². The van der Waals surface area contributed by atoms with Crippen LogP contribution in [-0.2, 0) is 9.47 Å². The molecule has 13 heavy (non-hydrogen) atoms. The fourth-order valence-corrected chi connectivity index (χ4v) is 0.780. The molecule has 0 aliphatic carbocycles. The lowest BCUT2D eigenvalue weighted by Gasteiger charge is -2.09. The summed E-state index contributed by atoms with van der Waals surface area (Å²) in [6, 6.07) is 0. The summed E-state index contributed by atoms with van der Waals surface area (Å²) in [7, 11) is 0. The van der Waals surface area contributed by atoms with Crippen molar-refractivity contribution in [1.29, 1.82) is 0 Å². The zero-order valence-corrected chi connectivity index (χ0v) is 7.82. The van der Waals surface area contributed by atoms with E-state index in [0.29, 0.717) is 39.4 Å². The Morgan fingerprint density at radius 1 is 1.15 bits per heavy atom. The number of rotatable bonds is 9. The van der Waals surface area contributed by atoms with Crippen LogP contribution in [0.2, 0.25) is 0 Å². The minimum Gasteiger partial charge on any atom is -0.394 e. The molecular weight excluding hydrogens is 174 g/mol. The highest BCUT2D eigenvalue weighted by atomic mass is 16.5. The van der Waals surface area contributed by atoms with E-state index in [9.17, 15) is 0 Å². The van der Waals surface area contributed by atoms with Crippen LogP contribution in [0.5, 0.6) is 0 Å². The highest BCUT2D eigenvalue weighted by Gasteiger charge is 2.01. The first-order chi connectivity index (χ1) is 6.31. The summed E-state index contributed by atoms with van der Waals surface area (Å²) >= 11 is 0. The van der Waals surface area contributed by atoms with E-state index in [1.807, 2.05) is 0 Å². The smallest absolute Gasteiger partial charge is 0.0785 e. The fourth-order valence-electron chi connectivity index (χ4n) is 0.780. The lowest BCUT2D eigenvalue weighted by molar-refractivity contribution is -0.00334. The lowest BCUT2D eigenvalue weighted by atomic mass is 10.3. The molecule has 1 unspecified atom stereocenters. The topological polar surface area (TPSA) is 84.9 Å². The number of hydrogen-bond acceptors (Lipinski definition) is 5. The van der Waals surface area contributed by atoms with Gasteiger partial charge in [-0.2, -0.15) is 0 Å². The molecule has 0 aromatic rings. The first kappa shape index (κ1) is 12.8. The molecule has 0 heterocycles. The predicted octanol–water partition coefficient (Wildman–Crippen LogP) is -1.28. The Morgan fingerprint density at radius 3 is 2.46 bits per heavy atom. The standard InChI is InChI=1S/C8H19NO4/c9-2-1-8(11)7-13-6-5-12-4-3-10/h8,10-11H,1-7,9H2. The number of ether oxygens (including phenoxy) is 2. The van der Waals surface area contributed by atoms with E-state index in [-0.39, 0.29) is 6.61 Å². The second-order valence-corrected chi connectivity index (χ2v) is 2.64. The average Bonchev–Trinajstić information content (AvgIpc) is 2.11. The largest absolute Gasteiger partial charge is 0.394 e. The molecule has 0 radical (unpaired) electrons. The second-order valence-electron chi connectivity index (χ2n) is 2.64. The summed E-state index contributed by atoms with van der Waals surface area (Å²) < 4.78 is 10.0. The number of nitrogens with two attached hydrogens (primary N) is 1. The van der Waals surface area contributed by atoms with Crippen LogP contribution in [0.1, 0.15) is 6.42 Å². The third-order valence-corrected chi connectivity index (χ3v) is 1.42. The van der Waals surface area contributed by atoms with Gasteiger partial charge in [0.2, 0.25) is 0 Å². The molecule has 5 heteroatoms. The maximum atomic E-state index is 9.17. The van der Waals surface area contributed by atoms with Crippen molar-refractivity contribution in [2.45, 2.75) is 12.5 Å². The first-order valence-corrected chi connectivity index (χ1v) is 4.45. The van der Waals surface area contributed by atoms with Crippen molar-refractivity contribution >= 4 is 0 Å². The Bertz CT molecular complexity index is 102. The van der Waals surface area contributed by atoms with Gasteiger partial charge in [0.05, 0.1) is 39.1 Å². The molecule has 0 amide bonds. The van der Waals surface area contributed by atoms with Gasteiger partial charge < -0.3 is 25.4 Å². The van der Waals surface area contributed by atoms with Gasteiger partial charge in [-0.1, -0.05) is 0 Å². The minimum absolute atomic E-state index is 0.0236. The van der Waals surface area contributed by atoms with Crippen LogP contribution in [0.25, 0.3) is 0 Å². The Labute approximate surface area is 78.4 Å². The van der Waals surface area contributed by atoms with Crippen LogP contribution < -0.4 is 5.73 Å². The van der Waals surface area contributed by atoms with E-state index in [4.69, 9.17) is 25.4 Å². The van der Waals surface area contributed by atoms with Crippen molar-refractivity contribution < 1.29 is 19.7 Å². The quantitative estimate of drug-likeness (QED) is 0.397. The van der Waals surface area contributed by atoms with Gasteiger partial charge in [-0.15, -0.1) is 0 Å². The Hall–Kier alpha value is -0.200. The molecule has 0 aromatic carbocycles. The normalized spacial score (nSPS) is 13.2. The summed E-state index contributed by atoms with van der Waals surface area (Å²) in [5, 5.41) is 17.5. The molecular formula is C8H19NO4. The van der Waals surface area contributed by atoms with E-state index in [1.54, 1.807) is 0 Å². The highest BCUT2D eigenvalue weighted by molar-refractivity contribution is 4.53. The molecule has 0 saturated heterocycles. The molecule has 80 valence electrons. The van der Waals surface area contributed by atoms with Crippen molar-refractivity contribution in [2.75, 3.05) is 39.6 Å². The van der Waals surface area contributed by atoms with Crippen molar-refractivity contribution in [3.05, 3.63) is 0 Å². The van der Waals surface area contributed by atoms with Crippen LogP contribution in [0.3, 0.4) is 0 Å². The van der Waals surface area contributed by atoms with E-state index >= 15 is 0 Å². The highest BCUT2D eigenvalue weighted by Crippen LogP contribution is 1.90. The van der Waals surface area contributed by atoms with E-state index < -0.39 is 6.10 Å². The van der Waals surface area contributed by atoms with Gasteiger partial charge in [0.1, 0.15) is 0 Å². The van der Waals surface area contributed by atoms with Crippen LogP contribution in [0.15, 0.2) is 0 Å². The van der Waals surface area contributed by atoms with Crippen molar-refractivity contribution in [3.8, 4) is 0 Å². The maximum Gasteiger partial charge on any atom is 0.0785 e. The first-order valence-electron chi connectivity index (χ1n) is 4.45. The van der Waals surface area contributed by atoms with Gasteiger partial charge in [0.15, 0.2) is 0 Å². The van der Waals surface area contributed by atoms with E-state index in [1.165, 1.54) is 0 Å². The Kier molecular flexibility index (Phi) is 9.73. The SMILES string of the molecule is NCCC(O)COCCOCCO. The lowest BCUT2D eigenvalue weighted by Crippen LogP contribution is -2.20. The fraction of sp³-hybridized carbons (Fsp3) is 1.00. The predicted molar refractivity (Wildman–Crippen MR) is 48.4 cm³/mol. The van der Waals surface area contributed by atoms with Gasteiger partial charge in [-0.05, 0) is 13.0 Å². The summed E-state index contributed by atoms with van der Waals surface area (Å²) in [6.45, 7) is 1.98. The molecule has 0 spiro atoms. The summed E-state index contributed by atoms with van der Waals surface area (Å²) in [5.74, 6) is 0. The van der Waals surface area contributed by atoms with Crippen molar-refractivity contribution in [3.63, 3.8) is 0 Å². The van der Waals surface area contributed by atoms with E-state index in [0.717, 1.165) is 0 Å². The van der Waals surface area contributed by atoms with Crippen molar-refractivity contribution in [2.24, 2.45) is 5.73 Å². The van der Waals surface area contributed by atoms with Gasteiger partial charge in [-0.25, -0.2) is 0 Å². The minimum atomic E-state index is -0.483. The van der Waals surface area contributed by atoms with Gasteiger partial charge in [0, 0.05) is 0 Å². The van der Waals surface area contributed by atoms with Crippen LogP contribution in [0, 0.1) is 0 Å². The van der Waals surface area contributed by atoms with Gasteiger partial charge >= 0.3 is 0 Å². The zero-order chi connectivity index (χ0) is 9.94. The summed E-state index contributed by atoms with van der Waals surface area (Å²) in [5.41, 5.74) is 5.23. The molecule has 0 aromatic heterocycles. The molecule has 0 rings (SSSR count). The molecule has 0 aliphatic rings. The van der Waals surface area contributed by atoms with E-state index in [2.05, 4.69) is 0 Å². The second kappa shape index (κ2) is 9.88. The maximum absolute atomic E-state index is 9.17. The number of aliphatic hydroxyl groups is 2. The van der Waals surface area contributed by atoms with Gasteiger partial charge in [-0.3, -0.25) is 0 Å². The Balaban J connectivity index is 2.97. The third-order valence-electron chi connectivity index (χ3n) is 1.42. The number of hydrogen-bond donors (Lipinski definition) is 3. The molecule has 0 bridgehead atoms. The van der Waals surface area contributed by atoms with Crippen LogP contribution >= 0.6 is 0 Å². The summed E-state index contributed by atoms with van der Waals surface area (Å²) in [4.78, 5) is 0. The third kappa shape index (κ3) is 9.72. The number of aliphatic hydroxyl groups excluding tert-OH is 2. The molecule has 0 fully saturated rings. The summed E-state index contributed by atoms with van der Waals surface area (Å²) in [6.07, 6.45) is 0.0696.